The van der Waals surface area contributed by atoms with Gasteiger partial charge < -0.3 is 9.64 Å². The molecule has 0 unspecified atom stereocenters. The van der Waals surface area contributed by atoms with E-state index in [4.69, 9.17) is 16.3 Å². The molecule has 0 spiro atoms. The van der Waals surface area contributed by atoms with Crippen LogP contribution in [0.1, 0.15) is 29.6 Å². The van der Waals surface area contributed by atoms with Gasteiger partial charge in [0.2, 0.25) is 0 Å². The van der Waals surface area contributed by atoms with Gasteiger partial charge in [-0.1, -0.05) is 17.7 Å². The summed E-state index contributed by atoms with van der Waals surface area (Å²) in [7, 11) is 0. The van der Waals surface area contributed by atoms with Gasteiger partial charge in [-0.3, -0.25) is 4.79 Å². The van der Waals surface area contributed by atoms with E-state index in [1.54, 1.807) is 24.3 Å². The Morgan fingerprint density at radius 1 is 1.28 bits per heavy atom. The Kier molecular flexibility index (Phi) is 5.87. The highest BCUT2D eigenvalue weighted by molar-refractivity contribution is 6.29. The summed E-state index contributed by atoms with van der Waals surface area (Å²) in [5.41, 5.74) is 0.567. The number of piperidine rings is 1. The van der Waals surface area contributed by atoms with Crippen molar-refractivity contribution in [2.75, 3.05) is 19.7 Å². The third-order valence-corrected chi connectivity index (χ3v) is 4.69. The molecular weight excluding hydrogens is 343 g/mol. The molecule has 1 fully saturated rings. The Hall–Kier alpha value is -2.14. The minimum Gasteiger partial charge on any atom is -0.493 e. The van der Waals surface area contributed by atoms with E-state index in [-0.39, 0.29) is 11.7 Å². The van der Waals surface area contributed by atoms with Crippen LogP contribution in [0.5, 0.6) is 5.75 Å². The molecule has 1 aliphatic rings. The molecule has 2 heterocycles. The van der Waals surface area contributed by atoms with Gasteiger partial charge in [0.15, 0.2) is 0 Å². The quantitative estimate of drug-likeness (QED) is 0.749. The number of nitrogens with zero attached hydrogens (tertiary/aromatic N) is 2. The number of ether oxygens (including phenoxy) is 1. The molecule has 0 radical (unpaired) electrons. The molecule has 0 atom stereocenters. The number of aromatic nitrogens is 1. The Labute approximate surface area is 151 Å². The van der Waals surface area contributed by atoms with E-state index < -0.39 is 0 Å². The Balaban J connectivity index is 1.42. The second-order valence-corrected chi connectivity index (χ2v) is 6.59. The van der Waals surface area contributed by atoms with E-state index in [2.05, 4.69) is 4.98 Å². The molecule has 0 aliphatic carbocycles. The summed E-state index contributed by atoms with van der Waals surface area (Å²) in [4.78, 5) is 18.2. The zero-order chi connectivity index (χ0) is 17.6. The van der Waals surface area contributed by atoms with E-state index in [0.29, 0.717) is 29.0 Å². The molecule has 0 N–H and O–H groups in total. The SMILES string of the molecule is O=C(c1ccc(Cl)nc1)N1CCC(CCOc2cccc(F)c2)CC1. The van der Waals surface area contributed by atoms with Crippen LogP contribution >= 0.6 is 11.6 Å². The van der Waals surface area contributed by atoms with Gasteiger partial charge in [0, 0.05) is 25.4 Å². The van der Waals surface area contributed by atoms with Crippen molar-refractivity contribution in [3.05, 3.63) is 59.1 Å². The molecular formula is C19H20ClFN2O2. The number of carbonyl (C=O) groups is 1. The highest BCUT2D eigenvalue weighted by Crippen LogP contribution is 2.23. The summed E-state index contributed by atoms with van der Waals surface area (Å²) >= 11 is 5.75. The van der Waals surface area contributed by atoms with Gasteiger partial charge in [-0.15, -0.1) is 0 Å². The van der Waals surface area contributed by atoms with Crippen LogP contribution in [0, 0.1) is 11.7 Å². The van der Waals surface area contributed by atoms with Crippen molar-refractivity contribution < 1.29 is 13.9 Å². The fourth-order valence-corrected chi connectivity index (χ4v) is 3.12. The summed E-state index contributed by atoms with van der Waals surface area (Å²) in [6.07, 6.45) is 4.31. The molecule has 6 heteroatoms. The number of hydrogen-bond acceptors (Lipinski definition) is 3. The van der Waals surface area contributed by atoms with Crippen molar-refractivity contribution in [2.24, 2.45) is 5.92 Å². The van der Waals surface area contributed by atoms with Crippen LogP contribution in [-0.4, -0.2) is 35.5 Å². The van der Waals surface area contributed by atoms with Crippen molar-refractivity contribution in [1.29, 1.82) is 0 Å². The van der Waals surface area contributed by atoms with Crippen LogP contribution in [0.25, 0.3) is 0 Å². The minimum atomic E-state index is -0.291. The van der Waals surface area contributed by atoms with Crippen LogP contribution < -0.4 is 4.74 Å². The van der Waals surface area contributed by atoms with Gasteiger partial charge in [0.25, 0.3) is 5.91 Å². The zero-order valence-electron chi connectivity index (χ0n) is 13.8. The Morgan fingerprint density at radius 3 is 2.76 bits per heavy atom. The van der Waals surface area contributed by atoms with E-state index in [9.17, 15) is 9.18 Å². The number of halogens is 2. The van der Waals surface area contributed by atoms with Crippen molar-refractivity contribution in [1.82, 2.24) is 9.88 Å². The Morgan fingerprint density at radius 2 is 2.08 bits per heavy atom. The average molecular weight is 363 g/mol. The first-order valence-electron chi connectivity index (χ1n) is 8.41. The highest BCUT2D eigenvalue weighted by Gasteiger charge is 2.23. The smallest absolute Gasteiger partial charge is 0.255 e. The van der Waals surface area contributed by atoms with Crippen LogP contribution in [0.3, 0.4) is 0 Å². The minimum absolute atomic E-state index is 0.00127. The number of likely N-dealkylation sites (tertiary alicyclic amines) is 1. The molecule has 2 aromatic rings. The molecule has 132 valence electrons. The molecule has 4 nitrogen and oxygen atoms in total. The van der Waals surface area contributed by atoms with Gasteiger partial charge >= 0.3 is 0 Å². The van der Waals surface area contributed by atoms with E-state index in [0.717, 1.165) is 32.4 Å². The number of benzene rings is 1. The van der Waals surface area contributed by atoms with Crippen molar-refractivity contribution in [3.63, 3.8) is 0 Å². The fraction of sp³-hybridized carbons (Fsp3) is 0.368. The van der Waals surface area contributed by atoms with Crippen LogP contribution in [0.2, 0.25) is 5.15 Å². The van der Waals surface area contributed by atoms with E-state index in [1.165, 1.54) is 18.3 Å². The molecule has 1 saturated heterocycles. The monoisotopic (exact) mass is 362 g/mol. The van der Waals surface area contributed by atoms with Crippen LogP contribution in [0.15, 0.2) is 42.6 Å². The van der Waals surface area contributed by atoms with Crippen molar-refractivity contribution in [3.8, 4) is 5.75 Å². The first-order valence-corrected chi connectivity index (χ1v) is 8.79. The molecule has 3 rings (SSSR count). The second-order valence-electron chi connectivity index (χ2n) is 6.20. The zero-order valence-corrected chi connectivity index (χ0v) is 14.6. The lowest BCUT2D eigenvalue weighted by atomic mass is 9.93. The third-order valence-electron chi connectivity index (χ3n) is 4.47. The van der Waals surface area contributed by atoms with Gasteiger partial charge in [0.1, 0.15) is 16.7 Å². The number of rotatable bonds is 5. The lowest BCUT2D eigenvalue weighted by Gasteiger charge is -2.32. The van der Waals surface area contributed by atoms with Gasteiger partial charge in [-0.05, 0) is 49.4 Å². The summed E-state index contributed by atoms with van der Waals surface area (Å²) in [5.74, 6) is 0.781. The maximum absolute atomic E-state index is 13.1. The molecule has 1 amide bonds. The lowest BCUT2D eigenvalue weighted by molar-refractivity contribution is 0.0679. The highest BCUT2D eigenvalue weighted by atomic mass is 35.5. The normalized spacial score (nSPS) is 15.2. The van der Waals surface area contributed by atoms with Gasteiger partial charge in [-0.25, -0.2) is 9.37 Å². The lowest BCUT2D eigenvalue weighted by Crippen LogP contribution is -2.38. The average Bonchev–Trinajstić information content (AvgIpc) is 2.62. The first-order chi connectivity index (χ1) is 12.1. The topological polar surface area (TPSA) is 42.4 Å². The van der Waals surface area contributed by atoms with E-state index in [1.807, 2.05) is 4.90 Å². The first kappa shape index (κ1) is 17.7. The molecule has 1 aromatic heterocycles. The molecule has 0 saturated carbocycles. The number of amides is 1. The maximum Gasteiger partial charge on any atom is 0.255 e. The summed E-state index contributed by atoms with van der Waals surface area (Å²) in [6.45, 7) is 2.02. The van der Waals surface area contributed by atoms with E-state index >= 15 is 0 Å². The summed E-state index contributed by atoms with van der Waals surface area (Å²) in [6, 6.07) is 9.52. The van der Waals surface area contributed by atoms with Crippen molar-refractivity contribution >= 4 is 17.5 Å². The van der Waals surface area contributed by atoms with Crippen LogP contribution in [0.4, 0.5) is 4.39 Å². The number of pyridine rings is 1. The maximum atomic E-state index is 13.1. The number of hydrogen-bond donors (Lipinski definition) is 0. The Bertz CT molecular complexity index is 716. The molecule has 25 heavy (non-hydrogen) atoms. The van der Waals surface area contributed by atoms with Crippen molar-refractivity contribution in [2.45, 2.75) is 19.3 Å². The second kappa shape index (κ2) is 8.30. The molecule has 1 aliphatic heterocycles. The summed E-state index contributed by atoms with van der Waals surface area (Å²) in [5, 5.41) is 0.383. The largest absolute Gasteiger partial charge is 0.493 e. The standard InChI is InChI=1S/C19H20ClFN2O2/c20-18-5-4-15(13-22-18)19(24)23-9-6-14(7-10-23)8-11-25-17-3-1-2-16(21)12-17/h1-5,12-14H,6-11H2. The predicted octanol–water partition coefficient (Wildman–Crippen LogP) is 4.20. The molecule has 0 bridgehead atoms. The van der Waals surface area contributed by atoms with Crippen LogP contribution in [-0.2, 0) is 0 Å². The van der Waals surface area contributed by atoms with Gasteiger partial charge in [0.05, 0.1) is 12.2 Å². The molecule has 1 aromatic carbocycles. The summed E-state index contributed by atoms with van der Waals surface area (Å²) < 4.78 is 18.7. The number of carbonyl (C=O) groups excluding carboxylic acids is 1. The van der Waals surface area contributed by atoms with Gasteiger partial charge in [-0.2, -0.15) is 0 Å². The predicted molar refractivity (Wildman–Crippen MR) is 94.4 cm³/mol. The fourth-order valence-electron chi connectivity index (χ4n) is 3.01. The third kappa shape index (κ3) is 4.92.